The quantitative estimate of drug-likeness (QED) is 0.646. The number of hydrogen-bond donors (Lipinski definition) is 2. The summed E-state index contributed by atoms with van der Waals surface area (Å²) in [6.45, 7) is 3.88. The van der Waals surface area contributed by atoms with E-state index in [0.717, 1.165) is 25.9 Å². The highest BCUT2D eigenvalue weighted by atomic mass is 16.2. The maximum absolute atomic E-state index is 11.1. The van der Waals surface area contributed by atoms with E-state index >= 15 is 0 Å². The number of hydrazine groups is 2. The summed E-state index contributed by atoms with van der Waals surface area (Å²) < 4.78 is 0. The van der Waals surface area contributed by atoms with Gasteiger partial charge in [-0.3, -0.25) is 10.2 Å². The molecule has 0 unspecified atom stereocenters. The molecule has 1 aliphatic heterocycles. The first-order valence-electron chi connectivity index (χ1n) is 4.63. The van der Waals surface area contributed by atoms with Crippen molar-refractivity contribution in [2.75, 3.05) is 13.1 Å². The van der Waals surface area contributed by atoms with Crippen molar-refractivity contribution in [1.82, 2.24) is 16.0 Å². The van der Waals surface area contributed by atoms with Gasteiger partial charge in [0.05, 0.1) is 0 Å². The molecule has 4 heteroatoms. The fourth-order valence-corrected chi connectivity index (χ4v) is 1.22. The van der Waals surface area contributed by atoms with E-state index in [1.54, 1.807) is 5.12 Å². The first-order valence-corrected chi connectivity index (χ1v) is 4.63. The van der Waals surface area contributed by atoms with Crippen molar-refractivity contribution in [3.8, 4) is 0 Å². The minimum absolute atomic E-state index is 0.104. The zero-order chi connectivity index (χ0) is 8.81. The van der Waals surface area contributed by atoms with Crippen LogP contribution in [0.4, 0.5) is 0 Å². The van der Waals surface area contributed by atoms with Gasteiger partial charge in [0.25, 0.3) is 0 Å². The third-order valence-corrected chi connectivity index (χ3v) is 1.85. The maximum atomic E-state index is 11.1. The van der Waals surface area contributed by atoms with Crippen LogP contribution in [0.3, 0.4) is 0 Å². The fraction of sp³-hybridized carbons (Fsp3) is 0.875. The summed E-state index contributed by atoms with van der Waals surface area (Å²) in [7, 11) is 0. The van der Waals surface area contributed by atoms with Gasteiger partial charge in [0.15, 0.2) is 0 Å². The molecule has 0 aromatic rings. The first kappa shape index (κ1) is 9.48. The molecule has 1 heterocycles. The van der Waals surface area contributed by atoms with E-state index in [1.165, 1.54) is 6.42 Å². The van der Waals surface area contributed by atoms with Gasteiger partial charge in [-0.05, 0) is 19.3 Å². The Bertz CT molecular complexity index is 143. The molecule has 1 fully saturated rings. The lowest BCUT2D eigenvalue weighted by Crippen LogP contribution is -2.53. The van der Waals surface area contributed by atoms with E-state index in [4.69, 9.17) is 0 Å². The normalized spacial score (nSPS) is 19.1. The van der Waals surface area contributed by atoms with Crippen molar-refractivity contribution in [3.63, 3.8) is 0 Å². The molecular formula is C8H17N3O. The van der Waals surface area contributed by atoms with Gasteiger partial charge >= 0.3 is 0 Å². The molecule has 0 atom stereocenters. The van der Waals surface area contributed by atoms with E-state index in [1.807, 2.05) is 6.92 Å². The molecular weight excluding hydrogens is 154 g/mol. The van der Waals surface area contributed by atoms with Gasteiger partial charge in [0.1, 0.15) is 0 Å². The SMILES string of the molecule is CCCC(=O)NN1CCCCN1. The topological polar surface area (TPSA) is 44.4 Å². The molecule has 0 aliphatic carbocycles. The van der Waals surface area contributed by atoms with E-state index in [9.17, 15) is 4.79 Å². The largest absolute Gasteiger partial charge is 0.275 e. The predicted molar refractivity (Wildman–Crippen MR) is 47.0 cm³/mol. The van der Waals surface area contributed by atoms with Gasteiger partial charge in [-0.25, -0.2) is 5.43 Å². The first-order chi connectivity index (χ1) is 5.83. The Morgan fingerprint density at radius 1 is 1.58 bits per heavy atom. The molecule has 1 saturated heterocycles. The summed E-state index contributed by atoms with van der Waals surface area (Å²) in [4.78, 5) is 11.1. The van der Waals surface area contributed by atoms with Crippen LogP contribution < -0.4 is 10.9 Å². The summed E-state index contributed by atoms with van der Waals surface area (Å²) in [5.41, 5.74) is 5.91. The summed E-state index contributed by atoms with van der Waals surface area (Å²) in [5.74, 6) is 0.104. The van der Waals surface area contributed by atoms with Crippen molar-refractivity contribution < 1.29 is 4.79 Å². The smallest absolute Gasteiger partial charge is 0.235 e. The Morgan fingerprint density at radius 2 is 2.42 bits per heavy atom. The molecule has 12 heavy (non-hydrogen) atoms. The number of amides is 1. The van der Waals surface area contributed by atoms with Crippen LogP contribution in [0.1, 0.15) is 32.6 Å². The van der Waals surface area contributed by atoms with Gasteiger partial charge in [-0.15, -0.1) is 0 Å². The summed E-state index contributed by atoms with van der Waals surface area (Å²) in [6.07, 6.45) is 3.86. The second-order valence-corrected chi connectivity index (χ2v) is 3.05. The summed E-state index contributed by atoms with van der Waals surface area (Å²) in [6, 6.07) is 0. The van der Waals surface area contributed by atoms with Crippen molar-refractivity contribution in [2.24, 2.45) is 0 Å². The number of nitrogens with zero attached hydrogens (tertiary/aromatic N) is 1. The van der Waals surface area contributed by atoms with Gasteiger partial charge in [0, 0.05) is 19.5 Å². The molecule has 1 amide bonds. The van der Waals surface area contributed by atoms with Crippen LogP contribution in [0.25, 0.3) is 0 Å². The van der Waals surface area contributed by atoms with Crippen LogP contribution in [-0.4, -0.2) is 24.1 Å². The van der Waals surface area contributed by atoms with Crippen LogP contribution in [0, 0.1) is 0 Å². The maximum Gasteiger partial charge on any atom is 0.235 e. The third kappa shape index (κ3) is 3.19. The summed E-state index contributed by atoms with van der Waals surface area (Å²) in [5, 5.41) is 1.79. The molecule has 0 aromatic heterocycles. The zero-order valence-electron chi connectivity index (χ0n) is 7.60. The molecule has 1 aliphatic rings. The molecule has 70 valence electrons. The average Bonchev–Trinajstić information content (AvgIpc) is 2.06. The van der Waals surface area contributed by atoms with Crippen molar-refractivity contribution in [3.05, 3.63) is 0 Å². The highest BCUT2D eigenvalue weighted by molar-refractivity contribution is 5.75. The third-order valence-electron chi connectivity index (χ3n) is 1.85. The lowest BCUT2D eigenvalue weighted by molar-refractivity contribution is -0.128. The Morgan fingerprint density at radius 3 is 3.00 bits per heavy atom. The molecule has 4 nitrogen and oxygen atoms in total. The van der Waals surface area contributed by atoms with Gasteiger partial charge in [-0.2, -0.15) is 5.12 Å². The number of carbonyl (C=O) groups is 1. The van der Waals surface area contributed by atoms with Gasteiger partial charge in [0.2, 0.25) is 5.91 Å². The minimum Gasteiger partial charge on any atom is -0.275 e. The average molecular weight is 171 g/mol. The van der Waals surface area contributed by atoms with Crippen LogP contribution in [0.5, 0.6) is 0 Å². The predicted octanol–water partition coefficient (Wildman–Crippen LogP) is 0.418. The standard InChI is InChI=1S/C8H17N3O/c1-2-5-8(12)10-11-7-4-3-6-9-11/h9H,2-7H2,1H3,(H,10,12). The summed E-state index contributed by atoms with van der Waals surface area (Å²) >= 11 is 0. The van der Waals surface area contributed by atoms with Crippen LogP contribution >= 0.6 is 0 Å². The second kappa shape index (κ2) is 5.11. The highest BCUT2D eigenvalue weighted by Gasteiger charge is 2.10. The van der Waals surface area contributed by atoms with Crippen LogP contribution in [-0.2, 0) is 4.79 Å². The lowest BCUT2D eigenvalue weighted by Gasteiger charge is -2.27. The van der Waals surface area contributed by atoms with E-state index in [2.05, 4.69) is 10.9 Å². The molecule has 0 radical (unpaired) electrons. The van der Waals surface area contributed by atoms with E-state index < -0.39 is 0 Å². The highest BCUT2D eigenvalue weighted by Crippen LogP contribution is 1.96. The van der Waals surface area contributed by atoms with E-state index in [-0.39, 0.29) is 5.91 Å². The molecule has 0 spiro atoms. The fourth-order valence-electron chi connectivity index (χ4n) is 1.22. The second-order valence-electron chi connectivity index (χ2n) is 3.05. The Labute approximate surface area is 73.2 Å². The molecule has 2 N–H and O–H groups in total. The number of nitrogens with one attached hydrogen (secondary N) is 2. The van der Waals surface area contributed by atoms with Crippen molar-refractivity contribution in [1.29, 1.82) is 0 Å². The van der Waals surface area contributed by atoms with Crippen molar-refractivity contribution in [2.45, 2.75) is 32.6 Å². The Hall–Kier alpha value is -0.610. The molecule has 0 saturated carbocycles. The zero-order valence-corrected chi connectivity index (χ0v) is 7.60. The molecule has 1 rings (SSSR count). The molecule has 0 aromatic carbocycles. The number of rotatable bonds is 3. The lowest BCUT2D eigenvalue weighted by atomic mass is 10.3. The number of hydrogen-bond acceptors (Lipinski definition) is 3. The van der Waals surface area contributed by atoms with Crippen LogP contribution in [0.2, 0.25) is 0 Å². The van der Waals surface area contributed by atoms with Gasteiger partial charge < -0.3 is 0 Å². The van der Waals surface area contributed by atoms with Crippen LogP contribution in [0.15, 0.2) is 0 Å². The Kier molecular flexibility index (Phi) is 4.04. The van der Waals surface area contributed by atoms with Crippen molar-refractivity contribution >= 4 is 5.91 Å². The molecule has 0 bridgehead atoms. The Balaban J connectivity index is 2.15. The van der Waals surface area contributed by atoms with E-state index in [0.29, 0.717) is 6.42 Å². The van der Waals surface area contributed by atoms with Gasteiger partial charge in [-0.1, -0.05) is 6.92 Å². The number of carbonyl (C=O) groups excluding carboxylic acids is 1. The minimum atomic E-state index is 0.104. The monoisotopic (exact) mass is 171 g/mol.